The van der Waals surface area contributed by atoms with Crippen LogP contribution in [0.15, 0.2) is 30.5 Å². The smallest absolute Gasteiger partial charge is 0.323 e. The number of benzene rings is 1. The second kappa shape index (κ2) is 7.29. The fourth-order valence-electron chi connectivity index (χ4n) is 2.59. The quantitative estimate of drug-likeness (QED) is 0.748. The van der Waals surface area contributed by atoms with E-state index in [9.17, 15) is 9.59 Å². The number of carboxylic acid groups (broad SMARTS) is 1. The highest BCUT2D eigenvalue weighted by Crippen LogP contribution is 2.42. The van der Waals surface area contributed by atoms with Gasteiger partial charge in [-0.15, -0.1) is 0 Å². The average Bonchev–Trinajstić information content (AvgIpc) is 3.40. The van der Waals surface area contributed by atoms with Gasteiger partial charge >= 0.3 is 12.0 Å². The molecule has 0 bridgehead atoms. The van der Waals surface area contributed by atoms with E-state index in [-0.39, 0.29) is 12.5 Å². The van der Waals surface area contributed by atoms with Crippen LogP contribution in [-0.4, -0.2) is 27.1 Å². The first-order valence-corrected chi connectivity index (χ1v) is 8.23. The fourth-order valence-corrected chi connectivity index (χ4v) is 2.59. The summed E-state index contributed by atoms with van der Waals surface area (Å²) in [5, 5.41) is 14.3. The number of nitrogens with zero attached hydrogens (tertiary/aromatic N) is 2. The summed E-state index contributed by atoms with van der Waals surface area (Å²) < 4.78 is 0. The molecule has 0 radical (unpaired) electrons. The van der Waals surface area contributed by atoms with Crippen molar-refractivity contribution in [1.29, 1.82) is 0 Å². The Labute approximate surface area is 145 Å². The minimum atomic E-state index is -0.844. The van der Waals surface area contributed by atoms with Crippen molar-refractivity contribution in [3.05, 3.63) is 47.5 Å². The van der Waals surface area contributed by atoms with E-state index in [4.69, 9.17) is 5.11 Å². The molecule has 0 unspecified atom stereocenters. The van der Waals surface area contributed by atoms with Crippen molar-refractivity contribution in [3.63, 3.8) is 0 Å². The van der Waals surface area contributed by atoms with E-state index >= 15 is 0 Å². The normalized spacial score (nSPS) is 13.3. The summed E-state index contributed by atoms with van der Waals surface area (Å²) in [4.78, 5) is 31.5. The highest BCUT2D eigenvalue weighted by molar-refractivity contribution is 6.00. The van der Waals surface area contributed by atoms with Crippen LogP contribution in [0.25, 0.3) is 0 Å². The van der Waals surface area contributed by atoms with Gasteiger partial charge in [0.25, 0.3) is 0 Å². The molecule has 0 saturated heterocycles. The number of hydrogen-bond donors (Lipinski definition) is 3. The van der Waals surface area contributed by atoms with Crippen molar-refractivity contribution in [2.45, 2.75) is 38.5 Å². The molecule has 25 heavy (non-hydrogen) atoms. The number of urea groups is 1. The lowest BCUT2D eigenvalue weighted by Crippen LogP contribution is -2.21. The lowest BCUT2D eigenvalue weighted by atomic mass is 10.1. The van der Waals surface area contributed by atoms with Crippen LogP contribution in [0.4, 0.5) is 16.2 Å². The fraction of sp³-hybridized carbons (Fsp3) is 0.333. The molecule has 2 amide bonds. The molecule has 3 rings (SSSR count). The summed E-state index contributed by atoms with van der Waals surface area (Å²) in [5.41, 5.74) is 2.99. The van der Waals surface area contributed by atoms with Gasteiger partial charge in [0.05, 0.1) is 17.6 Å². The molecule has 3 N–H and O–H groups in total. The van der Waals surface area contributed by atoms with Crippen molar-refractivity contribution in [1.82, 2.24) is 9.97 Å². The van der Waals surface area contributed by atoms with E-state index in [1.54, 1.807) is 24.4 Å². The Bertz CT molecular complexity index is 803. The monoisotopic (exact) mass is 340 g/mol. The number of hydrogen-bond acceptors (Lipinski definition) is 4. The first-order chi connectivity index (χ1) is 12.0. The Morgan fingerprint density at radius 3 is 2.80 bits per heavy atom. The van der Waals surface area contributed by atoms with E-state index < -0.39 is 5.97 Å². The number of carbonyl (C=O) groups excluding carboxylic acids is 1. The maximum absolute atomic E-state index is 12.3. The van der Waals surface area contributed by atoms with Crippen molar-refractivity contribution in [2.24, 2.45) is 0 Å². The molecule has 0 spiro atoms. The van der Waals surface area contributed by atoms with Crippen LogP contribution in [0, 0.1) is 6.92 Å². The molecule has 2 aromatic rings. The summed E-state index contributed by atoms with van der Waals surface area (Å²) in [7, 11) is 0. The van der Waals surface area contributed by atoms with Crippen molar-refractivity contribution < 1.29 is 14.7 Å². The second-order valence-corrected chi connectivity index (χ2v) is 6.16. The van der Waals surface area contributed by atoms with Gasteiger partial charge in [0.1, 0.15) is 5.82 Å². The molecule has 1 aliphatic carbocycles. The zero-order chi connectivity index (χ0) is 17.8. The largest absolute Gasteiger partial charge is 0.481 e. The van der Waals surface area contributed by atoms with E-state index in [1.807, 2.05) is 13.0 Å². The van der Waals surface area contributed by atoms with Crippen LogP contribution in [-0.2, 0) is 11.2 Å². The van der Waals surface area contributed by atoms with Crippen LogP contribution in [0.1, 0.15) is 42.3 Å². The van der Waals surface area contributed by atoms with Gasteiger partial charge in [-0.25, -0.2) is 14.8 Å². The Kier molecular flexibility index (Phi) is 4.92. The van der Waals surface area contributed by atoms with Crippen molar-refractivity contribution >= 4 is 23.4 Å². The highest BCUT2D eigenvalue weighted by atomic mass is 16.4. The number of nitrogens with one attached hydrogen (secondary N) is 2. The lowest BCUT2D eigenvalue weighted by molar-refractivity contribution is -0.136. The van der Waals surface area contributed by atoms with Gasteiger partial charge in [0.2, 0.25) is 0 Å². The number of aromatic nitrogens is 2. The van der Waals surface area contributed by atoms with Gasteiger partial charge < -0.3 is 15.7 Å². The van der Waals surface area contributed by atoms with Crippen molar-refractivity contribution in [3.8, 4) is 0 Å². The number of rotatable bonds is 6. The standard InChI is InChI=1S/C18H20N4O3/c1-11-19-10-15(17(20-11)13-6-7-13)22-18(25)21-14-4-2-3-12(9-14)5-8-16(23)24/h2-4,9-10,13H,5-8H2,1H3,(H,23,24)(H2,21,22,25). The highest BCUT2D eigenvalue weighted by Gasteiger charge is 2.28. The Balaban J connectivity index is 1.65. The van der Waals surface area contributed by atoms with Crippen LogP contribution < -0.4 is 10.6 Å². The molecule has 1 fully saturated rings. The van der Waals surface area contributed by atoms with Gasteiger partial charge in [-0.1, -0.05) is 12.1 Å². The number of carbonyl (C=O) groups is 2. The predicted octanol–water partition coefficient (Wildman–Crippen LogP) is 3.32. The van der Waals surface area contributed by atoms with Gasteiger partial charge in [0, 0.05) is 18.0 Å². The maximum atomic E-state index is 12.3. The third kappa shape index (κ3) is 4.76. The SMILES string of the molecule is Cc1ncc(NC(=O)Nc2cccc(CCC(=O)O)c2)c(C2CC2)n1. The molecule has 1 aliphatic rings. The molecular weight excluding hydrogens is 320 g/mol. The van der Waals surface area contributed by atoms with Crippen LogP contribution in [0.3, 0.4) is 0 Å². The summed E-state index contributed by atoms with van der Waals surface area (Å²) in [6, 6.07) is 6.79. The molecule has 1 saturated carbocycles. The average molecular weight is 340 g/mol. The van der Waals surface area contributed by atoms with E-state index in [1.165, 1.54) is 0 Å². The molecule has 1 aromatic carbocycles. The first kappa shape index (κ1) is 16.9. The molecule has 130 valence electrons. The number of amides is 2. The molecule has 0 atom stereocenters. The number of aryl methyl sites for hydroxylation is 2. The van der Waals surface area contributed by atoms with Crippen LogP contribution in [0.2, 0.25) is 0 Å². The predicted molar refractivity (Wildman–Crippen MR) is 93.8 cm³/mol. The minimum Gasteiger partial charge on any atom is -0.481 e. The molecule has 7 heteroatoms. The Hall–Kier alpha value is -2.96. The zero-order valence-corrected chi connectivity index (χ0v) is 14.0. The Morgan fingerprint density at radius 2 is 2.08 bits per heavy atom. The third-order valence-corrected chi connectivity index (χ3v) is 3.96. The number of carboxylic acids is 1. The summed E-state index contributed by atoms with van der Waals surface area (Å²) in [6.45, 7) is 1.83. The Morgan fingerprint density at radius 1 is 1.28 bits per heavy atom. The molecular formula is C18H20N4O3. The van der Waals surface area contributed by atoms with Gasteiger partial charge in [-0.3, -0.25) is 4.79 Å². The van der Waals surface area contributed by atoms with Gasteiger partial charge in [0.15, 0.2) is 0 Å². The van der Waals surface area contributed by atoms with Gasteiger partial charge in [-0.2, -0.15) is 0 Å². The zero-order valence-electron chi connectivity index (χ0n) is 14.0. The molecule has 1 heterocycles. The molecule has 1 aromatic heterocycles. The summed E-state index contributed by atoms with van der Waals surface area (Å²) >= 11 is 0. The molecule has 0 aliphatic heterocycles. The summed E-state index contributed by atoms with van der Waals surface area (Å²) in [5.74, 6) is 0.249. The minimum absolute atomic E-state index is 0.0567. The van der Waals surface area contributed by atoms with E-state index in [0.29, 0.717) is 29.5 Å². The first-order valence-electron chi connectivity index (χ1n) is 8.23. The third-order valence-electron chi connectivity index (χ3n) is 3.96. The number of aliphatic carboxylic acids is 1. The number of anilines is 2. The summed E-state index contributed by atoms with van der Waals surface area (Å²) in [6.07, 6.45) is 4.28. The van der Waals surface area contributed by atoms with Gasteiger partial charge in [-0.05, 0) is 43.9 Å². The van der Waals surface area contributed by atoms with Crippen LogP contribution >= 0.6 is 0 Å². The maximum Gasteiger partial charge on any atom is 0.323 e. The topological polar surface area (TPSA) is 104 Å². The lowest BCUT2D eigenvalue weighted by Gasteiger charge is -2.11. The van der Waals surface area contributed by atoms with E-state index in [2.05, 4.69) is 20.6 Å². The van der Waals surface area contributed by atoms with E-state index in [0.717, 1.165) is 24.1 Å². The molecule has 7 nitrogen and oxygen atoms in total. The van der Waals surface area contributed by atoms with Crippen LogP contribution in [0.5, 0.6) is 0 Å². The second-order valence-electron chi connectivity index (χ2n) is 6.16. The van der Waals surface area contributed by atoms with Crippen molar-refractivity contribution in [2.75, 3.05) is 10.6 Å².